The number of methoxy groups -OCH3 is 2. The van der Waals surface area contributed by atoms with Gasteiger partial charge in [-0.25, -0.2) is 4.99 Å². The van der Waals surface area contributed by atoms with Crippen molar-refractivity contribution in [1.29, 1.82) is 0 Å². The van der Waals surface area contributed by atoms with Gasteiger partial charge in [-0.2, -0.15) is 0 Å². The molecule has 31 heavy (non-hydrogen) atoms. The van der Waals surface area contributed by atoms with Gasteiger partial charge >= 0.3 is 0 Å². The van der Waals surface area contributed by atoms with Crippen molar-refractivity contribution in [1.82, 2.24) is 0 Å². The molecule has 4 rings (SSSR count). The molecule has 0 spiro atoms. The standard InChI is InChI=1S/C27H27NO3/c1-18-14-19(2)27-22(17-24(31-26(27)15-18)21-8-6-5-7-9-21)28-13-12-20-10-11-23(29-3)25(16-20)30-4/h5-11,14-17H,12-13H2,1-4H3/p+1. The Morgan fingerprint density at radius 3 is 2.35 bits per heavy atom. The van der Waals surface area contributed by atoms with Gasteiger partial charge in [-0.15, -0.1) is 0 Å². The number of hydrogen-bond donors (Lipinski definition) is 1. The molecule has 4 aromatic rings. The van der Waals surface area contributed by atoms with Crippen LogP contribution in [0.3, 0.4) is 0 Å². The lowest BCUT2D eigenvalue weighted by atomic mass is 10.0. The molecule has 0 unspecified atom stereocenters. The van der Waals surface area contributed by atoms with Gasteiger partial charge in [0, 0.05) is 12.0 Å². The second kappa shape index (κ2) is 9.09. The van der Waals surface area contributed by atoms with Crippen molar-refractivity contribution in [3.63, 3.8) is 0 Å². The lowest BCUT2D eigenvalue weighted by molar-refractivity contribution is -0.498. The fourth-order valence-electron chi connectivity index (χ4n) is 3.97. The van der Waals surface area contributed by atoms with Crippen LogP contribution in [0.4, 0.5) is 0 Å². The highest BCUT2D eigenvalue weighted by Crippen LogP contribution is 2.27. The summed E-state index contributed by atoms with van der Waals surface area (Å²) in [6.07, 6.45) is 0.861. The van der Waals surface area contributed by atoms with E-state index in [0.717, 1.165) is 52.1 Å². The largest absolute Gasteiger partial charge is 0.493 e. The molecule has 4 nitrogen and oxygen atoms in total. The summed E-state index contributed by atoms with van der Waals surface area (Å²) >= 11 is 0. The lowest BCUT2D eigenvalue weighted by Crippen LogP contribution is -2.77. The maximum atomic E-state index is 6.30. The Morgan fingerprint density at radius 2 is 1.61 bits per heavy atom. The molecule has 0 saturated carbocycles. The van der Waals surface area contributed by atoms with E-state index in [1.54, 1.807) is 14.2 Å². The van der Waals surface area contributed by atoms with Crippen LogP contribution in [-0.2, 0) is 6.42 Å². The predicted octanol–water partition coefficient (Wildman–Crippen LogP) is 3.96. The van der Waals surface area contributed by atoms with Gasteiger partial charge in [0.15, 0.2) is 11.5 Å². The first-order valence-electron chi connectivity index (χ1n) is 10.5. The molecule has 0 bridgehead atoms. The van der Waals surface area contributed by atoms with Gasteiger partial charge in [0.05, 0.1) is 25.7 Å². The van der Waals surface area contributed by atoms with E-state index in [1.165, 1.54) is 16.7 Å². The Bertz CT molecular complexity index is 1270. The van der Waals surface area contributed by atoms with Crippen molar-refractivity contribution < 1.29 is 18.9 Å². The van der Waals surface area contributed by atoms with Gasteiger partial charge in [0.2, 0.25) is 5.36 Å². The summed E-state index contributed by atoms with van der Waals surface area (Å²) in [5.41, 5.74) is 5.53. The molecule has 0 fully saturated rings. The van der Waals surface area contributed by atoms with Gasteiger partial charge in [0.1, 0.15) is 17.9 Å². The molecule has 0 aliphatic rings. The van der Waals surface area contributed by atoms with Gasteiger partial charge < -0.3 is 13.9 Å². The third-order valence-electron chi connectivity index (χ3n) is 5.44. The second-order valence-corrected chi connectivity index (χ2v) is 7.71. The second-order valence-electron chi connectivity index (χ2n) is 7.71. The number of hydrogen-bond acceptors (Lipinski definition) is 3. The Morgan fingerprint density at radius 1 is 0.839 bits per heavy atom. The minimum Gasteiger partial charge on any atom is -0.493 e. The van der Waals surface area contributed by atoms with E-state index in [-0.39, 0.29) is 0 Å². The quantitative estimate of drug-likeness (QED) is 0.520. The van der Waals surface area contributed by atoms with Crippen LogP contribution in [0.5, 0.6) is 11.5 Å². The van der Waals surface area contributed by atoms with Crippen LogP contribution in [-0.4, -0.2) is 20.8 Å². The highest BCUT2D eigenvalue weighted by molar-refractivity contribution is 5.82. The Balaban J connectivity index is 1.74. The van der Waals surface area contributed by atoms with Crippen molar-refractivity contribution >= 4 is 11.0 Å². The molecule has 1 N–H and O–H groups in total. The number of ether oxygens (including phenoxy) is 2. The molecule has 0 aliphatic carbocycles. The molecule has 0 amide bonds. The van der Waals surface area contributed by atoms with E-state index in [0.29, 0.717) is 0 Å². The van der Waals surface area contributed by atoms with Crippen molar-refractivity contribution in [3.05, 3.63) is 88.8 Å². The van der Waals surface area contributed by atoms with Crippen LogP contribution in [0.15, 0.2) is 71.1 Å². The smallest absolute Gasteiger partial charge is 0.213 e. The minimum absolute atomic E-state index is 0.744. The minimum atomic E-state index is 0.744. The summed E-state index contributed by atoms with van der Waals surface area (Å²) in [6, 6.07) is 22.7. The van der Waals surface area contributed by atoms with Gasteiger partial charge in [-0.1, -0.05) is 42.5 Å². The number of benzene rings is 3. The van der Waals surface area contributed by atoms with Crippen molar-refractivity contribution in [3.8, 4) is 22.8 Å². The molecule has 3 aromatic carbocycles. The van der Waals surface area contributed by atoms with Crippen LogP contribution in [0.1, 0.15) is 16.7 Å². The first kappa shape index (κ1) is 20.7. The van der Waals surface area contributed by atoms with Gasteiger partial charge in [-0.3, -0.25) is 0 Å². The van der Waals surface area contributed by atoms with Crippen molar-refractivity contribution in [2.45, 2.75) is 20.3 Å². The molecule has 158 valence electrons. The summed E-state index contributed by atoms with van der Waals surface area (Å²) in [5, 5.41) is 2.20. The zero-order chi connectivity index (χ0) is 21.8. The third kappa shape index (κ3) is 4.48. The molecule has 1 aromatic heterocycles. The predicted molar refractivity (Wildman–Crippen MR) is 123 cm³/mol. The first-order valence-corrected chi connectivity index (χ1v) is 10.5. The fraction of sp³-hybridized carbons (Fsp3) is 0.222. The van der Waals surface area contributed by atoms with Crippen LogP contribution >= 0.6 is 0 Å². The highest BCUT2D eigenvalue weighted by atomic mass is 16.5. The van der Waals surface area contributed by atoms with Gasteiger partial charge in [-0.05, 0) is 48.7 Å². The zero-order valence-corrected chi connectivity index (χ0v) is 18.5. The summed E-state index contributed by atoms with van der Waals surface area (Å²) in [4.78, 5) is 3.64. The summed E-state index contributed by atoms with van der Waals surface area (Å²) in [5.74, 6) is 2.35. The van der Waals surface area contributed by atoms with Crippen LogP contribution in [0.25, 0.3) is 22.3 Å². The van der Waals surface area contributed by atoms with E-state index in [1.807, 2.05) is 30.3 Å². The lowest BCUT2D eigenvalue weighted by Gasteiger charge is -2.08. The Kier molecular flexibility index (Phi) is 6.08. The number of fused-ring (bicyclic) bond motifs is 1. The average molecular weight is 415 g/mol. The number of nitrogens with one attached hydrogen (secondary N) is 1. The molecule has 0 saturated heterocycles. The summed E-state index contributed by atoms with van der Waals surface area (Å²) in [6.45, 7) is 5.02. The third-order valence-corrected chi connectivity index (χ3v) is 5.44. The van der Waals surface area contributed by atoms with Crippen molar-refractivity contribution in [2.75, 3.05) is 20.8 Å². The first-order chi connectivity index (χ1) is 15.1. The number of aryl methyl sites for hydroxylation is 2. The van der Waals surface area contributed by atoms with E-state index >= 15 is 0 Å². The normalized spacial score (nSPS) is 11.7. The molecule has 0 radical (unpaired) electrons. The van der Waals surface area contributed by atoms with E-state index < -0.39 is 0 Å². The van der Waals surface area contributed by atoms with Crippen molar-refractivity contribution in [2.24, 2.45) is 0 Å². The molecule has 4 heteroatoms. The highest BCUT2D eigenvalue weighted by Gasteiger charge is 2.12. The van der Waals surface area contributed by atoms with Crippen LogP contribution in [0, 0.1) is 13.8 Å². The van der Waals surface area contributed by atoms with E-state index in [4.69, 9.17) is 13.9 Å². The van der Waals surface area contributed by atoms with E-state index in [2.05, 4.69) is 55.2 Å². The monoisotopic (exact) mass is 414 g/mol. The average Bonchev–Trinajstić information content (AvgIpc) is 2.78. The molecule has 0 atom stereocenters. The maximum absolute atomic E-state index is 6.30. The zero-order valence-electron chi connectivity index (χ0n) is 18.5. The molecular formula is C27H28NO3+. The maximum Gasteiger partial charge on any atom is 0.213 e. The molecule has 1 heterocycles. The van der Waals surface area contributed by atoms with Gasteiger partial charge in [0.25, 0.3) is 0 Å². The summed E-state index contributed by atoms with van der Waals surface area (Å²) in [7, 11) is 3.31. The van der Waals surface area contributed by atoms with E-state index in [9.17, 15) is 0 Å². The molecule has 0 aliphatic heterocycles. The summed E-state index contributed by atoms with van der Waals surface area (Å²) < 4.78 is 17.1. The fourth-order valence-corrected chi connectivity index (χ4v) is 3.97. The Hall–Kier alpha value is -3.53. The Labute approximate surface area is 182 Å². The van der Waals surface area contributed by atoms with Crippen LogP contribution < -0.4 is 19.8 Å². The molecular weight excluding hydrogens is 386 g/mol. The number of rotatable bonds is 6. The van der Waals surface area contributed by atoms with Crippen LogP contribution in [0.2, 0.25) is 0 Å². The SMILES string of the molecule is COc1ccc(CC[NH+]=c2cc(-c3ccccc3)oc3cc(C)cc(C)c23)cc1OC. The topological polar surface area (TPSA) is 45.6 Å².